The summed E-state index contributed by atoms with van der Waals surface area (Å²) in [5.74, 6) is -0.357. The molecule has 192 valence electrons. The van der Waals surface area contributed by atoms with Crippen molar-refractivity contribution in [2.24, 2.45) is 0 Å². The van der Waals surface area contributed by atoms with Crippen LogP contribution in [-0.2, 0) is 26.2 Å². The molecule has 0 unspecified atom stereocenters. The van der Waals surface area contributed by atoms with E-state index in [4.69, 9.17) is 39.5 Å². The molecule has 12 heteroatoms. The fraction of sp³-hybridized carbons (Fsp3) is 0.391. The summed E-state index contributed by atoms with van der Waals surface area (Å²) in [6, 6.07) is 8.82. The molecule has 0 saturated carbocycles. The average Bonchev–Trinajstić information content (AvgIpc) is 2.79. The van der Waals surface area contributed by atoms with E-state index in [1.54, 1.807) is 38.1 Å². The van der Waals surface area contributed by atoms with E-state index in [1.165, 1.54) is 24.1 Å². The van der Waals surface area contributed by atoms with Gasteiger partial charge in [0.15, 0.2) is 0 Å². The Bertz CT molecular complexity index is 1180. The first-order chi connectivity index (χ1) is 16.4. The number of benzene rings is 2. The van der Waals surface area contributed by atoms with Gasteiger partial charge in [0.1, 0.15) is 18.3 Å². The number of amides is 2. The summed E-state index contributed by atoms with van der Waals surface area (Å²) in [5.41, 5.74) is 0.711. The number of hydrogen-bond donors (Lipinski definition) is 1. The molecule has 0 saturated heterocycles. The Morgan fingerprint density at radius 3 is 2.29 bits per heavy atom. The predicted octanol–water partition coefficient (Wildman–Crippen LogP) is 4.36. The van der Waals surface area contributed by atoms with Gasteiger partial charge in [0.05, 0.1) is 34.1 Å². The maximum atomic E-state index is 13.6. The van der Waals surface area contributed by atoms with Gasteiger partial charge in [-0.2, -0.15) is 0 Å². The first kappa shape index (κ1) is 29.0. The summed E-state index contributed by atoms with van der Waals surface area (Å²) < 4.78 is 31.5. The van der Waals surface area contributed by atoms with Crippen LogP contribution in [0.4, 0.5) is 5.69 Å². The van der Waals surface area contributed by atoms with Crippen LogP contribution < -0.4 is 14.4 Å². The molecular weight excluding hydrogens is 537 g/mol. The van der Waals surface area contributed by atoms with Gasteiger partial charge in [-0.1, -0.05) is 53.9 Å². The van der Waals surface area contributed by atoms with Gasteiger partial charge in [-0.05, 0) is 43.2 Å². The molecule has 0 heterocycles. The Morgan fingerprint density at radius 1 is 1.06 bits per heavy atom. The second-order valence-corrected chi connectivity index (χ2v) is 10.8. The molecule has 2 rings (SSSR count). The number of nitrogens with one attached hydrogen (secondary N) is 1. The molecule has 0 spiro atoms. The molecule has 2 aromatic rings. The number of ether oxygens (including phenoxy) is 1. The van der Waals surface area contributed by atoms with Gasteiger partial charge in [0, 0.05) is 13.1 Å². The monoisotopic (exact) mass is 563 g/mol. The van der Waals surface area contributed by atoms with Gasteiger partial charge < -0.3 is 15.0 Å². The Morgan fingerprint density at radius 2 is 1.71 bits per heavy atom. The Labute approximate surface area is 221 Å². The van der Waals surface area contributed by atoms with Crippen molar-refractivity contribution in [1.82, 2.24) is 10.2 Å². The summed E-state index contributed by atoms with van der Waals surface area (Å²) in [6.45, 7) is 3.38. The van der Waals surface area contributed by atoms with Gasteiger partial charge in [0.25, 0.3) is 0 Å². The van der Waals surface area contributed by atoms with Gasteiger partial charge in [-0.3, -0.25) is 13.9 Å². The van der Waals surface area contributed by atoms with Crippen LogP contribution in [-0.4, -0.2) is 57.6 Å². The maximum absolute atomic E-state index is 13.6. The second-order valence-electron chi connectivity index (χ2n) is 7.68. The Hall–Kier alpha value is -2.20. The molecule has 0 aliphatic heterocycles. The quantitative estimate of drug-likeness (QED) is 0.409. The standard InChI is InChI=1S/C23H28Cl3N3O5S/c1-5-20(23(31)27-6-2)28(13-15-8-7-9-16(10-15)34-3)22(30)14-29(35(4,32)33)21-12-18(25)17(24)11-19(21)26/h7-12,20H,5-6,13-14H2,1-4H3,(H,27,31)/t20-/m1/s1. The Kier molecular flexibility index (Phi) is 10.5. The van der Waals surface area contributed by atoms with Crippen LogP contribution in [0.1, 0.15) is 25.8 Å². The fourth-order valence-electron chi connectivity index (χ4n) is 3.48. The maximum Gasteiger partial charge on any atom is 0.244 e. The van der Waals surface area contributed by atoms with Crippen molar-refractivity contribution >= 4 is 62.3 Å². The van der Waals surface area contributed by atoms with Crippen molar-refractivity contribution < 1.29 is 22.7 Å². The summed E-state index contributed by atoms with van der Waals surface area (Å²) in [5, 5.41) is 2.96. The molecule has 2 aromatic carbocycles. The molecule has 35 heavy (non-hydrogen) atoms. The normalized spacial score (nSPS) is 12.1. The highest BCUT2D eigenvalue weighted by atomic mass is 35.5. The smallest absolute Gasteiger partial charge is 0.244 e. The largest absolute Gasteiger partial charge is 0.497 e. The minimum Gasteiger partial charge on any atom is -0.497 e. The molecule has 2 amide bonds. The number of methoxy groups -OCH3 is 1. The lowest BCUT2D eigenvalue weighted by Gasteiger charge is -2.33. The molecule has 1 N–H and O–H groups in total. The average molecular weight is 565 g/mol. The predicted molar refractivity (Wildman–Crippen MR) is 140 cm³/mol. The summed E-state index contributed by atoms with van der Waals surface area (Å²) in [4.78, 5) is 27.8. The number of halogens is 3. The van der Waals surface area contributed by atoms with Crippen LogP contribution in [0.3, 0.4) is 0 Å². The third-order valence-corrected chi connectivity index (χ3v) is 7.31. The highest BCUT2D eigenvalue weighted by Gasteiger charge is 2.32. The van der Waals surface area contributed by atoms with E-state index in [2.05, 4.69) is 5.32 Å². The summed E-state index contributed by atoms with van der Waals surface area (Å²) in [6.07, 6.45) is 1.26. The van der Waals surface area contributed by atoms with E-state index in [9.17, 15) is 18.0 Å². The number of carbonyl (C=O) groups excluding carboxylic acids is 2. The summed E-state index contributed by atoms with van der Waals surface area (Å²) in [7, 11) is -2.44. The van der Waals surface area contributed by atoms with Gasteiger partial charge in [0.2, 0.25) is 21.8 Å². The van der Waals surface area contributed by atoms with E-state index in [0.717, 1.165) is 10.6 Å². The van der Waals surface area contributed by atoms with Crippen molar-refractivity contribution in [1.29, 1.82) is 0 Å². The topological polar surface area (TPSA) is 96.0 Å². The molecule has 0 aliphatic rings. The summed E-state index contributed by atoms with van der Waals surface area (Å²) >= 11 is 18.3. The second kappa shape index (κ2) is 12.7. The number of sulfonamides is 1. The van der Waals surface area contributed by atoms with Crippen molar-refractivity contribution in [2.75, 3.05) is 30.8 Å². The van der Waals surface area contributed by atoms with Crippen LogP contribution in [0.5, 0.6) is 5.75 Å². The number of carbonyl (C=O) groups is 2. The first-order valence-corrected chi connectivity index (χ1v) is 13.7. The molecule has 0 radical (unpaired) electrons. The zero-order chi connectivity index (χ0) is 26.3. The van der Waals surface area contributed by atoms with Gasteiger partial charge >= 0.3 is 0 Å². The van der Waals surface area contributed by atoms with E-state index < -0.39 is 28.5 Å². The van der Waals surface area contributed by atoms with Crippen LogP contribution in [0.2, 0.25) is 15.1 Å². The highest BCUT2D eigenvalue weighted by Crippen LogP contribution is 2.35. The number of likely N-dealkylation sites (N-methyl/N-ethyl adjacent to an activating group) is 1. The fourth-order valence-corrected chi connectivity index (χ4v) is 5.02. The number of anilines is 1. The van der Waals surface area contributed by atoms with E-state index in [-0.39, 0.29) is 33.2 Å². The highest BCUT2D eigenvalue weighted by molar-refractivity contribution is 7.92. The van der Waals surface area contributed by atoms with Crippen molar-refractivity contribution in [3.63, 3.8) is 0 Å². The van der Waals surface area contributed by atoms with Crippen molar-refractivity contribution in [2.45, 2.75) is 32.9 Å². The first-order valence-electron chi connectivity index (χ1n) is 10.7. The SMILES string of the molecule is CCNC(=O)[C@@H](CC)N(Cc1cccc(OC)c1)C(=O)CN(c1cc(Cl)c(Cl)cc1Cl)S(C)(=O)=O. The van der Waals surface area contributed by atoms with Crippen LogP contribution in [0.25, 0.3) is 0 Å². The molecule has 0 fully saturated rings. The third-order valence-electron chi connectivity index (χ3n) is 5.16. The zero-order valence-corrected chi connectivity index (χ0v) is 22.9. The number of rotatable bonds is 11. The van der Waals surface area contributed by atoms with Crippen LogP contribution in [0, 0.1) is 0 Å². The third kappa shape index (κ3) is 7.64. The van der Waals surface area contributed by atoms with Crippen LogP contribution in [0.15, 0.2) is 36.4 Å². The molecule has 1 atom stereocenters. The number of nitrogens with zero attached hydrogens (tertiary/aromatic N) is 2. The Balaban J connectivity index is 2.51. The lowest BCUT2D eigenvalue weighted by molar-refractivity contribution is -0.140. The zero-order valence-electron chi connectivity index (χ0n) is 19.8. The lowest BCUT2D eigenvalue weighted by atomic mass is 10.1. The van der Waals surface area contributed by atoms with Crippen molar-refractivity contribution in [3.8, 4) is 5.75 Å². The van der Waals surface area contributed by atoms with Crippen molar-refractivity contribution in [3.05, 3.63) is 57.0 Å². The van der Waals surface area contributed by atoms with E-state index >= 15 is 0 Å². The molecular formula is C23H28Cl3N3O5S. The minimum absolute atomic E-state index is 0.00399. The van der Waals surface area contributed by atoms with Gasteiger partial charge in [-0.15, -0.1) is 0 Å². The molecule has 8 nitrogen and oxygen atoms in total. The molecule has 0 bridgehead atoms. The van der Waals surface area contributed by atoms with E-state index in [0.29, 0.717) is 24.3 Å². The van der Waals surface area contributed by atoms with Crippen LogP contribution >= 0.6 is 34.8 Å². The van der Waals surface area contributed by atoms with E-state index in [1.807, 2.05) is 0 Å². The molecule has 0 aliphatic carbocycles. The molecule has 0 aromatic heterocycles. The minimum atomic E-state index is -3.97. The lowest BCUT2D eigenvalue weighted by Crippen LogP contribution is -2.52. The number of hydrogen-bond acceptors (Lipinski definition) is 5. The van der Waals surface area contributed by atoms with Gasteiger partial charge in [-0.25, -0.2) is 8.42 Å².